The number of nitrogens with two attached hydrogens (primary N) is 1. The molecule has 3 N–H and O–H groups in total. The summed E-state index contributed by atoms with van der Waals surface area (Å²) < 4.78 is 0. The molecule has 15 heavy (non-hydrogen) atoms. The highest BCUT2D eigenvalue weighted by Gasteiger charge is 2.17. The molecule has 2 rings (SSSR count). The number of carbonyl (C=O) groups excluding carboxylic acids is 1. The van der Waals surface area contributed by atoms with Gasteiger partial charge in [-0.2, -0.15) is 0 Å². The van der Waals surface area contributed by atoms with Gasteiger partial charge in [0.05, 0.1) is 0 Å². The SMILES string of the molecule is Nc1cccc(C(=O)N2C[CH]NCC2)c1. The van der Waals surface area contributed by atoms with E-state index in [-0.39, 0.29) is 5.91 Å². The average molecular weight is 204 g/mol. The number of piperazine rings is 1. The fourth-order valence-corrected chi connectivity index (χ4v) is 1.61. The van der Waals surface area contributed by atoms with E-state index in [1.165, 1.54) is 0 Å². The van der Waals surface area contributed by atoms with E-state index in [0.717, 1.165) is 13.1 Å². The molecule has 0 unspecified atom stereocenters. The van der Waals surface area contributed by atoms with Crippen LogP contribution in [0.2, 0.25) is 0 Å². The van der Waals surface area contributed by atoms with Crippen LogP contribution in [0.5, 0.6) is 0 Å². The van der Waals surface area contributed by atoms with Crippen molar-refractivity contribution in [2.24, 2.45) is 0 Å². The van der Waals surface area contributed by atoms with Gasteiger partial charge in [0, 0.05) is 37.4 Å². The van der Waals surface area contributed by atoms with Crippen LogP contribution in [0.15, 0.2) is 24.3 Å². The Bertz CT molecular complexity index is 359. The first-order valence-corrected chi connectivity index (χ1v) is 4.97. The number of amides is 1. The third-order valence-corrected chi connectivity index (χ3v) is 2.40. The molecule has 0 bridgehead atoms. The maximum absolute atomic E-state index is 12.0. The van der Waals surface area contributed by atoms with Gasteiger partial charge in [0.25, 0.3) is 5.91 Å². The monoisotopic (exact) mass is 204 g/mol. The number of nitrogens with zero attached hydrogens (tertiary/aromatic N) is 1. The molecule has 1 fully saturated rings. The summed E-state index contributed by atoms with van der Waals surface area (Å²) in [6.45, 7) is 4.10. The van der Waals surface area contributed by atoms with E-state index in [0.29, 0.717) is 17.8 Å². The zero-order valence-electron chi connectivity index (χ0n) is 8.44. The van der Waals surface area contributed by atoms with Gasteiger partial charge in [-0.1, -0.05) is 6.07 Å². The number of hydrogen-bond donors (Lipinski definition) is 2. The predicted octanol–water partition coefficient (Wildman–Crippen LogP) is 0.476. The molecule has 1 aromatic carbocycles. The highest BCUT2D eigenvalue weighted by Crippen LogP contribution is 2.10. The molecule has 79 valence electrons. The number of rotatable bonds is 1. The van der Waals surface area contributed by atoms with Crippen LogP contribution in [0.4, 0.5) is 5.69 Å². The van der Waals surface area contributed by atoms with Gasteiger partial charge < -0.3 is 16.0 Å². The summed E-state index contributed by atoms with van der Waals surface area (Å²) in [4.78, 5) is 13.8. The number of nitrogens with one attached hydrogen (secondary N) is 1. The summed E-state index contributed by atoms with van der Waals surface area (Å²) in [6.07, 6.45) is 0. The summed E-state index contributed by atoms with van der Waals surface area (Å²) in [6, 6.07) is 7.08. The zero-order valence-corrected chi connectivity index (χ0v) is 8.44. The van der Waals surface area contributed by atoms with Crippen LogP contribution >= 0.6 is 0 Å². The smallest absolute Gasteiger partial charge is 0.254 e. The molecular weight excluding hydrogens is 190 g/mol. The van der Waals surface area contributed by atoms with Crippen LogP contribution in [0.3, 0.4) is 0 Å². The molecular formula is C11H14N3O. The molecule has 1 aliphatic heterocycles. The highest BCUT2D eigenvalue weighted by molar-refractivity contribution is 5.95. The van der Waals surface area contributed by atoms with Gasteiger partial charge in [-0.3, -0.25) is 4.79 Å². The lowest BCUT2D eigenvalue weighted by atomic mass is 10.1. The van der Waals surface area contributed by atoms with Crippen LogP contribution in [0, 0.1) is 6.54 Å². The summed E-state index contributed by atoms with van der Waals surface area (Å²) in [5.41, 5.74) is 6.92. The Kier molecular flexibility index (Phi) is 2.87. The maximum Gasteiger partial charge on any atom is 0.254 e. The molecule has 0 aromatic heterocycles. The zero-order chi connectivity index (χ0) is 10.7. The standard InChI is InChI=1S/C11H14N3O/c12-10-3-1-2-9(8-10)11(15)14-6-4-13-5-7-14/h1-4,8,13H,5-7,12H2. The van der Waals surface area contributed by atoms with Crippen LogP contribution in [0.25, 0.3) is 0 Å². The molecule has 1 aromatic rings. The van der Waals surface area contributed by atoms with E-state index < -0.39 is 0 Å². The van der Waals surface area contributed by atoms with Gasteiger partial charge in [0.1, 0.15) is 0 Å². The van der Waals surface area contributed by atoms with Gasteiger partial charge in [0.2, 0.25) is 0 Å². The Morgan fingerprint density at radius 2 is 2.33 bits per heavy atom. The second-order valence-corrected chi connectivity index (χ2v) is 3.53. The molecule has 1 saturated heterocycles. The minimum absolute atomic E-state index is 0.0417. The summed E-state index contributed by atoms with van der Waals surface area (Å²) in [5.74, 6) is 0.0417. The Morgan fingerprint density at radius 3 is 3.00 bits per heavy atom. The van der Waals surface area contributed by atoms with Crippen molar-refractivity contribution in [1.29, 1.82) is 0 Å². The van der Waals surface area contributed by atoms with Crippen LogP contribution < -0.4 is 11.1 Å². The van der Waals surface area contributed by atoms with Gasteiger partial charge in [0.15, 0.2) is 0 Å². The topological polar surface area (TPSA) is 58.4 Å². The lowest BCUT2D eigenvalue weighted by Gasteiger charge is -2.27. The van der Waals surface area contributed by atoms with Crippen molar-refractivity contribution in [2.45, 2.75) is 0 Å². The third kappa shape index (κ3) is 2.27. The van der Waals surface area contributed by atoms with Crippen molar-refractivity contribution >= 4 is 11.6 Å². The maximum atomic E-state index is 12.0. The quantitative estimate of drug-likeness (QED) is 0.654. The van der Waals surface area contributed by atoms with Gasteiger partial charge in [-0.05, 0) is 18.2 Å². The minimum atomic E-state index is 0.0417. The Balaban J connectivity index is 2.12. The molecule has 0 atom stereocenters. The first-order valence-electron chi connectivity index (χ1n) is 4.97. The largest absolute Gasteiger partial charge is 0.399 e. The second-order valence-electron chi connectivity index (χ2n) is 3.53. The van der Waals surface area contributed by atoms with Gasteiger partial charge >= 0.3 is 0 Å². The van der Waals surface area contributed by atoms with E-state index in [1.807, 2.05) is 6.54 Å². The fourth-order valence-electron chi connectivity index (χ4n) is 1.61. The summed E-state index contributed by atoms with van der Waals surface area (Å²) in [5, 5.41) is 3.09. The van der Waals surface area contributed by atoms with Crippen molar-refractivity contribution in [3.63, 3.8) is 0 Å². The lowest BCUT2D eigenvalue weighted by molar-refractivity contribution is 0.0751. The van der Waals surface area contributed by atoms with E-state index in [4.69, 9.17) is 5.73 Å². The van der Waals surface area contributed by atoms with Crippen LogP contribution in [-0.4, -0.2) is 30.4 Å². The Morgan fingerprint density at radius 1 is 1.47 bits per heavy atom. The fraction of sp³-hybridized carbons (Fsp3) is 0.273. The molecule has 1 radical (unpaired) electrons. The molecule has 4 nitrogen and oxygen atoms in total. The molecule has 1 heterocycles. The summed E-state index contributed by atoms with van der Waals surface area (Å²) in [7, 11) is 0. The number of hydrogen-bond acceptors (Lipinski definition) is 3. The van der Waals surface area contributed by atoms with Crippen molar-refractivity contribution in [3.8, 4) is 0 Å². The normalized spacial score (nSPS) is 16.4. The molecule has 1 aliphatic rings. The second kappa shape index (κ2) is 4.31. The van der Waals surface area contributed by atoms with Gasteiger partial charge in [-0.15, -0.1) is 0 Å². The Labute approximate surface area is 89.1 Å². The van der Waals surface area contributed by atoms with Gasteiger partial charge in [-0.25, -0.2) is 0 Å². The van der Waals surface area contributed by atoms with E-state index in [2.05, 4.69) is 5.32 Å². The highest BCUT2D eigenvalue weighted by atomic mass is 16.2. The van der Waals surface area contributed by atoms with E-state index in [1.54, 1.807) is 29.2 Å². The van der Waals surface area contributed by atoms with Crippen LogP contribution in [-0.2, 0) is 0 Å². The molecule has 0 spiro atoms. The van der Waals surface area contributed by atoms with Crippen molar-refractivity contribution in [1.82, 2.24) is 10.2 Å². The predicted molar refractivity (Wildman–Crippen MR) is 59.1 cm³/mol. The van der Waals surface area contributed by atoms with Crippen molar-refractivity contribution in [3.05, 3.63) is 36.4 Å². The van der Waals surface area contributed by atoms with Crippen molar-refractivity contribution < 1.29 is 4.79 Å². The minimum Gasteiger partial charge on any atom is -0.399 e. The van der Waals surface area contributed by atoms with E-state index in [9.17, 15) is 4.79 Å². The van der Waals surface area contributed by atoms with Crippen molar-refractivity contribution in [2.75, 3.05) is 25.4 Å². The number of nitrogen functional groups attached to an aromatic ring is 1. The molecule has 0 aliphatic carbocycles. The first-order chi connectivity index (χ1) is 7.27. The summed E-state index contributed by atoms with van der Waals surface area (Å²) >= 11 is 0. The van der Waals surface area contributed by atoms with E-state index >= 15 is 0 Å². The molecule has 0 saturated carbocycles. The average Bonchev–Trinajstić information content (AvgIpc) is 2.29. The number of benzene rings is 1. The van der Waals surface area contributed by atoms with Crippen LogP contribution in [0.1, 0.15) is 10.4 Å². The molecule has 4 heteroatoms. The lowest BCUT2D eigenvalue weighted by Crippen LogP contribution is -2.43. The molecule has 1 amide bonds. The number of carbonyl (C=O) groups is 1. The third-order valence-electron chi connectivity index (χ3n) is 2.40. The number of anilines is 1. The first kappa shape index (κ1) is 9.98. The Hall–Kier alpha value is -1.55.